The minimum atomic E-state index is 0.356. The molecule has 0 fully saturated rings. The van der Waals surface area contributed by atoms with Crippen LogP contribution in [0.25, 0.3) is 0 Å². The summed E-state index contributed by atoms with van der Waals surface area (Å²) >= 11 is 0. The third-order valence-electron chi connectivity index (χ3n) is 3.65. The van der Waals surface area contributed by atoms with E-state index in [2.05, 4.69) is 31.2 Å². The normalized spacial score (nSPS) is 10.8. The second-order valence-electron chi connectivity index (χ2n) is 5.47. The minimum Gasteiger partial charge on any atom is -0.396 e. The molecule has 1 rings (SSSR count). The van der Waals surface area contributed by atoms with Gasteiger partial charge >= 0.3 is 0 Å². The summed E-state index contributed by atoms with van der Waals surface area (Å²) in [6.45, 7) is 4.26. The number of unbranched alkanes of at least 4 members (excludes halogenated alkanes) is 8. The zero-order valence-electron chi connectivity index (χ0n) is 12.2. The van der Waals surface area contributed by atoms with Gasteiger partial charge < -0.3 is 5.11 Å². The Bertz CT molecular complexity index is 302. The number of hydrogen-bond acceptors (Lipinski definition) is 1. The van der Waals surface area contributed by atoms with Crippen LogP contribution in [0.15, 0.2) is 24.3 Å². The van der Waals surface area contributed by atoms with Gasteiger partial charge in [-0.2, -0.15) is 0 Å². The number of hydrogen-bond donors (Lipinski definition) is 1. The molecular formula is C18H29O. The van der Waals surface area contributed by atoms with E-state index in [-0.39, 0.29) is 0 Å². The van der Waals surface area contributed by atoms with Crippen molar-refractivity contribution in [2.45, 2.75) is 64.2 Å². The molecule has 1 aromatic carbocycles. The van der Waals surface area contributed by atoms with E-state index in [0.717, 1.165) is 12.0 Å². The van der Waals surface area contributed by atoms with Gasteiger partial charge in [0, 0.05) is 6.61 Å². The van der Waals surface area contributed by atoms with Crippen LogP contribution < -0.4 is 0 Å². The summed E-state index contributed by atoms with van der Waals surface area (Å²) in [5, 5.41) is 8.67. The average Bonchev–Trinajstić information content (AvgIpc) is 2.43. The first-order valence-corrected chi connectivity index (χ1v) is 7.84. The molecular weight excluding hydrogens is 232 g/mol. The van der Waals surface area contributed by atoms with E-state index in [0.29, 0.717) is 6.61 Å². The molecule has 0 unspecified atom stereocenters. The molecule has 0 aliphatic rings. The first-order chi connectivity index (χ1) is 9.33. The number of aryl methyl sites for hydroxylation is 1. The highest BCUT2D eigenvalue weighted by Gasteiger charge is 1.95. The molecule has 19 heavy (non-hydrogen) atoms. The molecule has 0 spiro atoms. The van der Waals surface area contributed by atoms with Crippen molar-refractivity contribution in [3.05, 3.63) is 42.3 Å². The molecule has 1 radical (unpaired) electrons. The highest BCUT2D eigenvalue weighted by molar-refractivity contribution is 5.24. The summed E-state index contributed by atoms with van der Waals surface area (Å²) in [6.07, 6.45) is 12.8. The van der Waals surface area contributed by atoms with Gasteiger partial charge in [0.1, 0.15) is 0 Å². The fourth-order valence-corrected chi connectivity index (χ4v) is 2.38. The molecule has 0 aliphatic carbocycles. The van der Waals surface area contributed by atoms with E-state index in [1.807, 2.05) is 0 Å². The average molecular weight is 261 g/mol. The maximum absolute atomic E-state index is 8.67. The molecule has 1 N–H and O–H groups in total. The molecule has 107 valence electrons. The van der Waals surface area contributed by atoms with Crippen molar-refractivity contribution in [3.8, 4) is 0 Å². The Labute approximate surface area is 119 Å². The van der Waals surface area contributed by atoms with Crippen molar-refractivity contribution >= 4 is 0 Å². The second-order valence-corrected chi connectivity index (χ2v) is 5.47. The highest BCUT2D eigenvalue weighted by Crippen LogP contribution is 2.12. The zero-order chi connectivity index (χ0) is 13.8. The van der Waals surface area contributed by atoms with Gasteiger partial charge in [0.05, 0.1) is 0 Å². The van der Waals surface area contributed by atoms with E-state index in [1.165, 1.54) is 63.4 Å². The fourth-order valence-electron chi connectivity index (χ4n) is 2.38. The summed E-state index contributed by atoms with van der Waals surface area (Å²) in [7, 11) is 0. The largest absolute Gasteiger partial charge is 0.396 e. The van der Waals surface area contributed by atoms with Gasteiger partial charge in [-0.25, -0.2) is 0 Å². The quantitative estimate of drug-likeness (QED) is 0.561. The van der Waals surface area contributed by atoms with Gasteiger partial charge in [-0.1, -0.05) is 69.2 Å². The maximum atomic E-state index is 8.67. The summed E-state index contributed by atoms with van der Waals surface area (Å²) in [6, 6.07) is 8.59. The van der Waals surface area contributed by atoms with Gasteiger partial charge in [0.15, 0.2) is 0 Å². The van der Waals surface area contributed by atoms with E-state index in [4.69, 9.17) is 5.11 Å². The highest BCUT2D eigenvalue weighted by atomic mass is 16.2. The standard InChI is InChI=1S/C18H29O/c1-17-12-14-18(15-13-17)11-9-7-5-3-2-4-6-8-10-16-19/h12-15,19H,1-11,16H2. The van der Waals surface area contributed by atoms with E-state index in [9.17, 15) is 0 Å². The Morgan fingerprint density at radius 3 is 1.68 bits per heavy atom. The van der Waals surface area contributed by atoms with Crippen LogP contribution in [-0.4, -0.2) is 11.7 Å². The Hall–Kier alpha value is -0.820. The SMILES string of the molecule is [CH2]c1ccc(CCCCCCCCCCCO)cc1. The first-order valence-electron chi connectivity index (χ1n) is 7.84. The summed E-state index contributed by atoms with van der Waals surface area (Å²) in [5.41, 5.74) is 2.54. The number of aliphatic hydroxyl groups is 1. The Morgan fingerprint density at radius 1 is 0.684 bits per heavy atom. The van der Waals surface area contributed by atoms with Crippen molar-refractivity contribution in [2.24, 2.45) is 0 Å². The van der Waals surface area contributed by atoms with Gasteiger partial charge in [-0.15, -0.1) is 0 Å². The molecule has 0 atom stereocenters. The lowest BCUT2D eigenvalue weighted by atomic mass is 10.0. The molecule has 1 aromatic rings. The second kappa shape index (κ2) is 11.0. The lowest BCUT2D eigenvalue weighted by molar-refractivity contribution is 0.282. The van der Waals surface area contributed by atoms with Crippen LogP contribution in [0.4, 0.5) is 0 Å². The molecule has 0 saturated heterocycles. The first kappa shape index (κ1) is 16.2. The maximum Gasteiger partial charge on any atom is 0.0431 e. The van der Waals surface area contributed by atoms with Crippen LogP contribution in [0.5, 0.6) is 0 Å². The predicted octanol–water partition coefficient (Wildman–Crippen LogP) is 4.91. The Balaban J connectivity index is 1.87. The van der Waals surface area contributed by atoms with Crippen molar-refractivity contribution in [3.63, 3.8) is 0 Å². The van der Waals surface area contributed by atoms with Crippen molar-refractivity contribution in [2.75, 3.05) is 6.61 Å². The Morgan fingerprint density at radius 2 is 1.16 bits per heavy atom. The topological polar surface area (TPSA) is 20.2 Å². The molecule has 1 nitrogen and oxygen atoms in total. The van der Waals surface area contributed by atoms with E-state index >= 15 is 0 Å². The lowest BCUT2D eigenvalue weighted by Gasteiger charge is -2.03. The zero-order valence-corrected chi connectivity index (χ0v) is 12.2. The summed E-state index contributed by atoms with van der Waals surface area (Å²) in [5.74, 6) is 0. The Kier molecular flexibility index (Phi) is 9.44. The molecule has 0 heterocycles. The number of aliphatic hydroxyl groups excluding tert-OH is 1. The van der Waals surface area contributed by atoms with Crippen LogP contribution in [0.2, 0.25) is 0 Å². The third-order valence-corrected chi connectivity index (χ3v) is 3.65. The van der Waals surface area contributed by atoms with Gasteiger partial charge in [0.25, 0.3) is 0 Å². The molecule has 1 heteroatoms. The van der Waals surface area contributed by atoms with E-state index in [1.54, 1.807) is 0 Å². The van der Waals surface area contributed by atoms with Crippen LogP contribution in [0.1, 0.15) is 68.9 Å². The van der Waals surface area contributed by atoms with Crippen LogP contribution in [0.3, 0.4) is 0 Å². The van der Waals surface area contributed by atoms with Crippen LogP contribution in [0, 0.1) is 6.92 Å². The predicted molar refractivity (Wildman–Crippen MR) is 83.2 cm³/mol. The summed E-state index contributed by atoms with van der Waals surface area (Å²) < 4.78 is 0. The van der Waals surface area contributed by atoms with Crippen LogP contribution in [-0.2, 0) is 6.42 Å². The molecule has 0 aliphatic heterocycles. The van der Waals surface area contributed by atoms with Crippen molar-refractivity contribution < 1.29 is 5.11 Å². The monoisotopic (exact) mass is 261 g/mol. The van der Waals surface area contributed by atoms with Gasteiger partial charge in [-0.05, 0) is 37.3 Å². The molecule has 0 saturated carbocycles. The van der Waals surface area contributed by atoms with Gasteiger partial charge in [0.2, 0.25) is 0 Å². The minimum absolute atomic E-state index is 0.356. The molecule has 0 bridgehead atoms. The number of benzene rings is 1. The van der Waals surface area contributed by atoms with Crippen molar-refractivity contribution in [1.29, 1.82) is 0 Å². The van der Waals surface area contributed by atoms with Crippen LogP contribution >= 0.6 is 0 Å². The lowest BCUT2D eigenvalue weighted by Crippen LogP contribution is -1.87. The van der Waals surface area contributed by atoms with E-state index < -0.39 is 0 Å². The van der Waals surface area contributed by atoms with Crippen molar-refractivity contribution in [1.82, 2.24) is 0 Å². The molecule has 0 amide bonds. The van der Waals surface area contributed by atoms with Gasteiger partial charge in [-0.3, -0.25) is 0 Å². The molecule has 0 aromatic heterocycles. The smallest absolute Gasteiger partial charge is 0.0431 e. The third kappa shape index (κ3) is 8.83. The number of rotatable bonds is 11. The summed E-state index contributed by atoms with van der Waals surface area (Å²) in [4.78, 5) is 0. The fraction of sp³-hybridized carbons (Fsp3) is 0.611.